The largest absolute Gasteiger partial charge is 0.465 e. The van der Waals surface area contributed by atoms with Crippen LogP contribution in [0.2, 0.25) is 5.02 Å². The highest BCUT2D eigenvalue weighted by Crippen LogP contribution is 2.32. The number of halogens is 1. The van der Waals surface area contributed by atoms with Crippen LogP contribution >= 0.6 is 11.6 Å². The first kappa shape index (κ1) is 15.4. The van der Waals surface area contributed by atoms with Gasteiger partial charge in [0.15, 0.2) is 0 Å². The molecule has 23 heavy (non-hydrogen) atoms. The first-order chi connectivity index (χ1) is 10.9. The van der Waals surface area contributed by atoms with Gasteiger partial charge in [0.05, 0.1) is 23.8 Å². The van der Waals surface area contributed by atoms with Crippen LogP contribution in [0.4, 0.5) is 4.79 Å². The van der Waals surface area contributed by atoms with E-state index in [2.05, 4.69) is 5.10 Å². The molecule has 3 N–H and O–H groups in total. The number of nitrogens with two attached hydrogens (primary N) is 1. The fourth-order valence-corrected chi connectivity index (χ4v) is 3.06. The second kappa shape index (κ2) is 5.58. The standard InChI is InChI=1S/C15H15ClN4O3/c1-8-6-19(15(22)23)7-11-12(14(17)21)13(18-20(8)11)9-3-2-4-10(16)5-9/h2-5,8H,6-7H2,1H3,(H2,17,21)(H,22,23). The number of carboxylic acid groups (broad SMARTS) is 1. The van der Waals surface area contributed by atoms with Gasteiger partial charge in [0.25, 0.3) is 5.91 Å². The predicted molar refractivity (Wildman–Crippen MR) is 84.3 cm³/mol. The Morgan fingerprint density at radius 3 is 2.78 bits per heavy atom. The first-order valence-electron chi connectivity index (χ1n) is 7.03. The van der Waals surface area contributed by atoms with Crippen molar-refractivity contribution in [1.82, 2.24) is 14.7 Å². The molecule has 0 radical (unpaired) electrons. The van der Waals surface area contributed by atoms with Crippen molar-refractivity contribution in [3.05, 3.63) is 40.5 Å². The van der Waals surface area contributed by atoms with E-state index in [1.807, 2.05) is 6.92 Å². The maximum Gasteiger partial charge on any atom is 0.407 e. The number of carbonyl (C=O) groups excluding carboxylic acids is 1. The number of aromatic nitrogens is 2. The van der Waals surface area contributed by atoms with Gasteiger partial charge in [0.2, 0.25) is 0 Å². The Hall–Kier alpha value is -2.54. The van der Waals surface area contributed by atoms with Crippen molar-refractivity contribution >= 4 is 23.6 Å². The van der Waals surface area contributed by atoms with E-state index in [0.29, 0.717) is 28.5 Å². The lowest BCUT2D eigenvalue weighted by molar-refractivity contribution is 0.0990. The van der Waals surface area contributed by atoms with E-state index in [1.54, 1.807) is 28.9 Å². The number of fused-ring (bicyclic) bond motifs is 1. The van der Waals surface area contributed by atoms with Crippen molar-refractivity contribution in [1.29, 1.82) is 0 Å². The van der Waals surface area contributed by atoms with E-state index in [1.165, 1.54) is 4.90 Å². The third-order valence-electron chi connectivity index (χ3n) is 3.87. The Labute approximate surface area is 137 Å². The van der Waals surface area contributed by atoms with Crippen LogP contribution in [0.5, 0.6) is 0 Å². The average molecular weight is 335 g/mol. The van der Waals surface area contributed by atoms with Crippen molar-refractivity contribution in [3.63, 3.8) is 0 Å². The molecule has 0 saturated carbocycles. The number of hydrogen-bond acceptors (Lipinski definition) is 3. The highest BCUT2D eigenvalue weighted by Gasteiger charge is 2.32. The SMILES string of the molecule is CC1CN(C(=O)O)Cc2c(C(N)=O)c(-c3cccc(Cl)c3)nn21. The molecule has 2 amide bonds. The summed E-state index contributed by atoms with van der Waals surface area (Å²) in [5, 5.41) is 14.2. The number of hydrogen-bond donors (Lipinski definition) is 2. The molecular weight excluding hydrogens is 320 g/mol. The molecule has 1 aromatic heterocycles. The molecule has 0 aliphatic carbocycles. The maximum absolute atomic E-state index is 12.0. The summed E-state index contributed by atoms with van der Waals surface area (Å²) in [7, 11) is 0. The van der Waals surface area contributed by atoms with Gasteiger partial charge in [-0.15, -0.1) is 0 Å². The van der Waals surface area contributed by atoms with Gasteiger partial charge in [-0.3, -0.25) is 9.48 Å². The molecule has 8 heteroatoms. The molecule has 1 aliphatic heterocycles. The van der Waals surface area contributed by atoms with E-state index in [-0.39, 0.29) is 18.2 Å². The van der Waals surface area contributed by atoms with Gasteiger partial charge in [-0.1, -0.05) is 23.7 Å². The molecule has 1 aromatic carbocycles. The minimum absolute atomic E-state index is 0.0749. The van der Waals surface area contributed by atoms with E-state index >= 15 is 0 Å². The number of nitrogens with zero attached hydrogens (tertiary/aromatic N) is 3. The van der Waals surface area contributed by atoms with Gasteiger partial charge in [-0.25, -0.2) is 4.79 Å². The van der Waals surface area contributed by atoms with Crippen molar-refractivity contribution in [3.8, 4) is 11.3 Å². The van der Waals surface area contributed by atoms with Crippen molar-refractivity contribution < 1.29 is 14.7 Å². The Morgan fingerprint density at radius 1 is 1.43 bits per heavy atom. The summed E-state index contributed by atoms with van der Waals surface area (Å²) in [5.74, 6) is -0.638. The Bertz CT molecular complexity index is 802. The zero-order valence-corrected chi connectivity index (χ0v) is 13.1. The quantitative estimate of drug-likeness (QED) is 0.880. The molecule has 0 spiro atoms. The normalized spacial score (nSPS) is 17.0. The van der Waals surface area contributed by atoms with Crippen LogP contribution in [0.1, 0.15) is 29.0 Å². The number of benzene rings is 1. The Balaban J connectivity index is 2.19. The summed E-state index contributed by atoms with van der Waals surface area (Å²) in [6.45, 7) is 2.22. The van der Waals surface area contributed by atoms with Crippen LogP contribution in [0.25, 0.3) is 11.3 Å². The van der Waals surface area contributed by atoms with Gasteiger partial charge < -0.3 is 15.7 Å². The maximum atomic E-state index is 12.0. The topological polar surface area (TPSA) is 101 Å². The lowest BCUT2D eigenvalue weighted by atomic mass is 10.0. The molecule has 3 rings (SSSR count). The fourth-order valence-electron chi connectivity index (χ4n) is 2.87. The number of carbonyl (C=O) groups is 2. The van der Waals surface area contributed by atoms with Gasteiger partial charge in [0.1, 0.15) is 5.69 Å². The van der Waals surface area contributed by atoms with Gasteiger partial charge in [0, 0.05) is 17.1 Å². The number of rotatable bonds is 2. The van der Waals surface area contributed by atoms with E-state index in [0.717, 1.165) is 0 Å². The van der Waals surface area contributed by atoms with Crippen LogP contribution in [-0.4, -0.2) is 38.3 Å². The molecule has 0 saturated heterocycles. The summed E-state index contributed by atoms with van der Waals surface area (Å²) in [6.07, 6.45) is -1.04. The Kier molecular flexibility index (Phi) is 3.73. The van der Waals surface area contributed by atoms with E-state index in [4.69, 9.17) is 17.3 Å². The lowest BCUT2D eigenvalue weighted by Gasteiger charge is -2.30. The molecule has 0 fully saturated rings. The average Bonchev–Trinajstić information content (AvgIpc) is 2.87. The molecule has 1 unspecified atom stereocenters. The van der Waals surface area contributed by atoms with Crippen LogP contribution in [-0.2, 0) is 6.54 Å². The van der Waals surface area contributed by atoms with Crippen LogP contribution in [0, 0.1) is 0 Å². The third-order valence-corrected chi connectivity index (χ3v) is 4.10. The first-order valence-corrected chi connectivity index (χ1v) is 7.41. The van der Waals surface area contributed by atoms with Gasteiger partial charge >= 0.3 is 6.09 Å². The Morgan fingerprint density at radius 2 is 2.17 bits per heavy atom. The molecule has 0 bridgehead atoms. The lowest BCUT2D eigenvalue weighted by Crippen LogP contribution is -2.40. The van der Waals surface area contributed by atoms with Crippen molar-refractivity contribution in [2.75, 3.05) is 6.54 Å². The van der Waals surface area contributed by atoms with Crippen LogP contribution in [0.3, 0.4) is 0 Å². The number of amides is 2. The fraction of sp³-hybridized carbons (Fsp3) is 0.267. The van der Waals surface area contributed by atoms with Crippen molar-refractivity contribution in [2.45, 2.75) is 19.5 Å². The zero-order chi connectivity index (χ0) is 16.7. The molecule has 2 heterocycles. The summed E-state index contributed by atoms with van der Waals surface area (Å²) in [6, 6.07) is 6.77. The van der Waals surface area contributed by atoms with Gasteiger partial charge in [-0.05, 0) is 19.1 Å². The summed E-state index contributed by atoms with van der Waals surface area (Å²) in [4.78, 5) is 24.5. The number of primary amides is 1. The third kappa shape index (κ3) is 2.63. The van der Waals surface area contributed by atoms with Crippen LogP contribution in [0.15, 0.2) is 24.3 Å². The second-order valence-electron chi connectivity index (χ2n) is 5.50. The zero-order valence-electron chi connectivity index (χ0n) is 12.4. The predicted octanol–water partition coefficient (Wildman–Crippen LogP) is 2.36. The second-order valence-corrected chi connectivity index (χ2v) is 5.94. The van der Waals surface area contributed by atoms with Gasteiger partial charge in [-0.2, -0.15) is 5.10 Å². The minimum atomic E-state index is -1.04. The van der Waals surface area contributed by atoms with Crippen LogP contribution < -0.4 is 5.73 Å². The van der Waals surface area contributed by atoms with E-state index < -0.39 is 12.0 Å². The monoisotopic (exact) mass is 334 g/mol. The minimum Gasteiger partial charge on any atom is -0.465 e. The highest BCUT2D eigenvalue weighted by atomic mass is 35.5. The summed E-state index contributed by atoms with van der Waals surface area (Å²) in [5.41, 5.74) is 7.38. The van der Waals surface area contributed by atoms with Crippen molar-refractivity contribution in [2.24, 2.45) is 5.73 Å². The smallest absolute Gasteiger partial charge is 0.407 e. The molecule has 120 valence electrons. The highest BCUT2D eigenvalue weighted by molar-refractivity contribution is 6.30. The summed E-state index contributed by atoms with van der Waals surface area (Å²) < 4.78 is 1.68. The molecule has 1 aliphatic rings. The molecule has 1 atom stereocenters. The van der Waals surface area contributed by atoms with E-state index in [9.17, 15) is 14.7 Å². The summed E-state index contributed by atoms with van der Waals surface area (Å²) >= 11 is 6.01. The molecule has 7 nitrogen and oxygen atoms in total. The molecular formula is C15H15ClN4O3. The molecule has 2 aromatic rings.